The lowest BCUT2D eigenvalue weighted by molar-refractivity contribution is -0.137. The summed E-state index contributed by atoms with van der Waals surface area (Å²) in [5.74, 6) is -0.637. The molecule has 0 amide bonds. The molecule has 0 aromatic heterocycles. The Kier molecular flexibility index (Phi) is 4.25. The molecule has 0 spiro atoms. The van der Waals surface area contributed by atoms with Crippen LogP contribution in [-0.4, -0.2) is 13.1 Å². The van der Waals surface area contributed by atoms with Crippen LogP contribution < -0.4 is 11.1 Å². The summed E-state index contributed by atoms with van der Waals surface area (Å²) in [6, 6.07) is 9.09. The standard InChI is InChI=1S/C15H13F3N2O2/c1-22-14(21)12-8-10(19)5-6-13(12)20-11-4-2-3-9(7-11)15(16,17)18/h2-8,20H,19H2,1H3. The second-order valence-corrected chi connectivity index (χ2v) is 4.50. The van der Waals surface area contributed by atoms with Crippen LogP contribution in [0.5, 0.6) is 0 Å². The Balaban J connectivity index is 2.37. The summed E-state index contributed by atoms with van der Waals surface area (Å²) < 4.78 is 42.7. The predicted molar refractivity (Wildman–Crippen MR) is 76.9 cm³/mol. The van der Waals surface area contributed by atoms with E-state index in [0.717, 1.165) is 12.1 Å². The van der Waals surface area contributed by atoms with Gasteiger partial charge in [0.25, 0.3) is 0 Å². The Hall–Kier alpha value is -2.70. The van der Waals surface area contributed by atoms with Crippen LogP contribution in [0, 0.1) is 0 Å². The highest BCUT2D eigenvalue weighted by atomic mass is 19.4. The van der Waals surface area contributed by atoms with Crippen LogP contribution in [0.25, 0.3) is 0 Å². The van der Waals surface area contributed by atoms with E-state index in [1.54, 1.807) is 0 Å². The van der Waals surface area contributed by atoms with Gasteiger partial charge in [-0.1, -0.05) is 6.07 Å². The zero-order valence-electron chi connectivity index (χ0n) is 11.6. The number of benzene rings is 2. The van der Waals surface area contributed by atoms with Crippen LogP contribution in [0.1, 0.15) is 15.9 Å². The third kappa shape index (κ3) is 3.49. The molecular weight excluding hydrogens is 297 g/mol. The summed E-state index contributed by atoms with van der Waals surface area (Å²) in [5.41, 5.74) is 5.81. The number of nitrogens with one attached hydrogen (secondary N) is 1. The maximum absolute atomic E-state index is 12.7. The number of esters is 1. The lowest BCUT2D eigenvalue weighted by atomic mass is 10.1. The second kappa shape index (κ2) is 5.97. The fourth-order valence-electron chi connectivity index (χ4n) is 1.88. The van der Waals surface area contributed by atoms with Crippen LogP contribution in [0.3, 0.4) is 0 Å². The highest BCUT2D eigenvalue weighted by Gasteiger charge is 2.30. The number of nitrogen functional groups attached to an aromatic ring is 1. The van der Waals surface area contributed by atoms with Gasteiger partial charge in [-0.25, -0.2) is 4.79 Å². The van der Waals surface area contributed by atoms with Gasteiger partial charge >= 0.3 is 12.1 Å². The molecule has 4 nitrogen and oxygen atoms in total. The van der Waals surface area contributed by atoms with E-state index in [-0.39, 0.29) is 11.3 Å². The summed E-state index contributed by atoms with van der Waals surface area (Å²) in [5, 5.41) is 2.77. The van der Waals surface area contributed by atoms with Crippen LogP contribution in [0.4, 0.5) is 30.2 Å². The first-order valence-corrected chi connectivity index (χ1v) is 6.23. The number of rotatable bonds is 3. The zero-order chi connectivity index (χ0) is 16.3. The van der Waals surface area contributed by atoms with Gasteiger partial charge < -0.3 is 15.8 Å². The van der Waals surface area contributed by atoms with Gasteiger partial charge in [0.2, 0.25) is 0 Å². The molecule has 22 heavy (non-hydrogen) atoms. The van der Waals surface area contributed by atoms with Crippen molar-refractivity contribution in [3.63, 3.8) is 0 Å². The summed E-state index contributed by atoms with van der Waals surface area (Å²) >= 11 is 0. The lowest BCUT2D eigenvalue weighted by Crippen LogP contribution is -2.08. The minimum absolute atomic E-state index is 0.139. The largest absolute Gasteiger partial charge is 0.465 e. The normalized spacial score (nSPS) is 11.1. The molecule has 0 aliphatic rings. The van der Waals surface area contributed by atoms with Gasteiger partial charge in [-0.05, 0) is 36.4 Å². The van der Waals surface area contributed by atoms with E-state index in [9.17, 15) is 18.0 Å². The number of carbonyl (C=O) groups excluding carboxylic acids is 1. The highest BCUT2D eigenvalue weighted by molar-refractivity contribution is 5.97. The van der Waals surface area contributed by atoms with Gasteiger partial charge in [-0.2, -0.15) is 13.2 Å². The molecule has 0 bridgehead atoms. The molecule has 7 heteroatoms. The summed E-state index contributed by atoms with van der Waals surface area (Å²) in [6.07, 6.45) is -4.44. The molecule has 0 aliphatic heterocycles. The van der Waals surface area contributed by atoms with E-state index < -0.39 is 17.7 Å². The number of nitrogens with two attached hydrogens (primary N) is 1. The Labute approximate surface area is 124 Å². The van der Waals surface area contributed by atoms with Gasteiger partial charge in [0.05, 0.1) is 23.9 Å². The maximum atomic E-state index is 12.7. The van der Waals surface area contributed by atoms with Crippen molar-refractivity contribution in [1.82, 2.24) is 0 Å². The average molecular weight is 310 g/mol. The zero-order valence-corrected chi connectivity index (χ0v) is 11.6. The number of methoxy groups -OCH3 is 1. The number of ether oxygens (including phenoxy) is 1. The van der Waals surface area contributed by atoms with Crippen molar-refractivity contribution in [2.24, 2.45) is 0 Å². The Morgan fingerprint density at radius 3 is 2.55 bits per heavy atom. The fraction of sp³-hybridized carbons (Fsp3) is 0.133. The first-order chi connectivity index (χ1) is 10.3. The van der Waals surface area contributed by atoms with E-state index in [1.807, 2.05) is 0 Å². The molecule has 0 radical (unpaired) electrons. The van der Waals surface area contributed by atoms with Gasteiger partial charge in [-0.15, -0.1) is 0 Å². The third-order valence-electron chi connectivity index (χ3n) is 2.92. The van der Waals surface area contributed by atoms with Crippen molar-refractivity contribution in [3.05, 3.63) is 53.6 Å². The predicted octanol–water partition coefficient (Wildman–Crippen LogP) is 3.82. The van der Waals surface area contributed by atoms with Crippen molar-refractivity contribution >= 4 is 23.0 Å². The number of anilines is 3. The van der Waals surface area contributed by atoms with Gasteiger partial charge in [0.1, 0.15) is 0 Å². The van der Waals surface area contributed by atoms with Crippen LogP contribution in [0.2, 0.25) is 0 Å². The number of hydrogen-bond donors (Lipinski definition) is 2. The first kappa shape index (κ1) is 15.7. The van der Waals surface area contributed by atoms with Crippen molar-refractivity contribution in [2.45, 2.75) is 6.18 Å². The monoisotopic (exact) mass is 310 g/mol. The topological polar surface area (TPSA) is 64.3 Å². The lowest BCUT2D eigenvalue weighted by Gasteiger charge is -2.13. The molecule has 0 unspecified atom stereocenters. The summed E-state index contributed by atoms with van der Waals surface area (Å²) in [4.78, 5) is 11.7. The molecule has 2 rings (SSSR count). The Bertz CT molecular complexity index is 699. The Morgan fingerprint density at radius 1 is 1.18 bits per heavy atom. The van der Waals surface area contributed by atoms with Crippen molar-refractivity contribution in [1.29, 1.82) is 0 Å². The smallest absolute Gasteiger partial charge is 0.416 e. The van der Waals surface area contributed by atoms with Crippen LogP contribution in [-0.2, 0) is 10.9 Å². The molecule has 0 aliphatic carbocycles. The molecule has 0 heterocycles. The molecule has 0 saturated carbocycles. The SMILES string of the molecule is COC(=O)c1cc(N)ccc1Nc1cccc(C(F)(F)F)c1. The summed E-state index contributed by atoms with van der Waals surface area (Å²) in [6.45, 7) is 0. The highest BCUT2D eigenvalue weighted by Crippen LogP contribution is 2.32. The molecule has 2 aromatic carbocycles. The minimum Gasteiger partial charge on any atom is -0.465 e. The molecule has 0 atom stereocenters. The maximum Gasteiger partial charge on any atom is 0.416 e. The first-order valence-electron chi connectivity index (χ1n) is 6.23. The van der Waals surface area contributed by atoms with E-state index in [4.69, 9.17) is 5.73 Å². The van der Waals surface area contributed by atoms with Gasteiger partial charge in [0.15, 0.2) is 0 Å². The van der Waals surface area contributed by atoms with E-state index in [1.165, 1.54) is 37.4 Å². The number of alkyl halides is 3. The van der Waals surface area contributed by atoms with Crippen LogP contribution in [0.15, 0.2) is 42.5 Å². The number of halogens is 3. The average Bonchev–Trinajstić information content (AvgIpc) is 2.47. The van der Waals surface area contributed by atoms with Crippen LogP contribution >= 0.6 is 0 Å². The molecule has 116 valence electrons. The quantitative estimate of drug-likeness (QED) is 0.668. The molecule has 3 N–H and O–H groups in total. The number of carbonyl (C=O) groups is 1. The van der Waals surface area contributed by atoms with Crippen molar-refractivity contribution in [2.75, 3.05) is 18.2 Å². The van der Waals surface area contributed by atoms with Crippen molar-refractivity contribution in [3.8, 4) is 0 Å². The molecule has 0 saturated heterocycles. The van der Waals surface area contributed by atoms with E-state index in [2.05, 4.69) is 10.1 Å². The third-order valence-corrected chi connectivity index (χ3v) is 2.92. The second-order valence-electron chi connectivity index (χ2n) is 4.50. The number of hydrogen-bond acceptors (Lipinski definition) is 4. The molecular formula is C15H13F3N2O2. The van der Waals surface area contributed by atoms with E-state index >= 15 is 0 Å². The summed E-state index contributed by atoms with van der Waals surface area (Å²) in [7, 11) is 1.21. The van der Waals surface area contributed by atoms with E-state index in [0.29, 0.717) is 11.4 Å². The van der Waals surface area contributed by atoms with Crippen molar-refractivity contribution < 1.29 is 22.7 Å². The molecule has 0 fully saturated rings. The fourth-order valence-corrected chi connectivity index (χ4v) is 1.88. The minimum atomic E-state index is -4.44. The van der Waals surface area contributed by atoms with Gasteiger partial charge in [-0.3, -0.25) is 0 Å². The van der Waals surface area contributed by atoms with Gasteiger partial charge in [0, 0.05) is 11.4 Å². The Morgan fingerprint density at radius 2 is 1.91 bits per heavy atom. The molecule has 2 aromatic rings.